The summed E-state index contributed by atoms with van der Waals surface area (Å²) in [5.74, 6) is -0.152. The molecule has 0 amide bonds. The number of hydrogen-bond donors (Lipinski definition) is 1. The molecule has 0 aromatic heterocycles. The summed E-state index contributed by atoms with van der Waals surface area (Å²) >= 11 is 5.81. The highest BCUT2D eigenvalue weighted by molar-refractivity contribution is 6.30. The number of ketones is 1. The fourth-order valence-electron chi connectivity index (χ4n) is 2.59. The summed E-state index contributed by atoms with van der Waals surface area (Å²) in [6.45, 7) is 0. The lowest BCUT2D eigenvalue weighted by Gasteiger charge is -2.28. The molecule has 2 nitrogen and oxygen atoms in total. The van der Waals surface area contributed by atoms with Crippen molar-refractivity contribution in [3.05, 3.63) is 34.9 Å². The van der Waals surface area contributed by atoms with Crippen LogP contribution in [0.1, 0.15) is 55.3 Å². The maximum atomic E-state index is 12.4. The van der Waals surface area contributed by atoms with Crippen LogP contribution in [0.25, 0.3) is 0 Å². The Morgan fingerprint density at radius 2 is 1.50 bits per heavy atom. The number of hydrogen-bond acceptors (Lipinski definition) is 2. The predicted octanol–water partition coefficient (Wildman–Crippen LogP) is 4.00. The normalized spacial score (nSPS) is 19.9. The number of halogens is 1. The zero-order valence-corrected chi connectivity index (χ0v) is 11.2. The van der Waals surface area contributed by atoms with Gasteiger partial charge in [0, 0.05) is 10.6 Å². The van der Waals surface area contributed by atoms with Crippen molar-refractivity contribution in [1.82, 2.24) is 0 Å². The third-order valence-electron chi connectivity index (χ3n) is 3.71. The minimum absolute atomic E-state index is 0.152. The molecule has 3 heteroatoms. The lowest BCUT2D eigenvalue weighted by atomic mass is 9.81. The van der Waals surface area contributed by atoms with E-state index in [0.29, 0.717) is 23.4 Å². The Morgan fingerprint density at radius 1 is 1.00 bits per heavy atom. The number of carbonyl (C=O) groups is 1. The van der Waals surface area contributed by atoms with Crippen molar-refractivity contribution < 1.29 is 9.90 Å². The Balaban J connectivity index is 2.16. The highest BCUT2D eigenvalue weighted by atomic mass is 35.5. The number of rotatable bonds is 2. The minimum Gasteiger partial charge on any atom is -0.382 e. The molecule has 0 atom stereocenters. The van der Waals surface area contributed by atoms with Crippen LogP contribution in [0.15, 0.2) is 24.3 Å². The summed E-state index contributed by atoms with van der Waals surface area (Å²) < 4.78 is 0. The van der Waals surface area contributed by atoms with Crippen LogP contribution in [0.3, 0.4) is 0 Å². The minimum atomic E-state index is -1.17. The van der Waals surface area contributed by atoms with E-state index >= 15 is 0 Å². The number of carbonyl (C=O) groups excluding carboxylic acids is 1. The molecule has 98 valence electrons. The van der Waals surface area contributed by atoms with Crippen molar-refractivity contribution in [3.8, 4) is 0 Å². The zero-order chi connectivity index (χ0) is 13.0. The van der Waals surface area contributed by atoms with Crippen LogP contribution in [0.2, 0.25) is 5.02 Å². The fraction of sp³-hybridized carbons (Fsp3) is 0.533. The van der Waals surface area contributed by atoms with Gasteiger partial charge in [-0.25, -0.2) is 0 Å². The molecule has 0 saturated heterocycles. The monoisotopic (exact) mass is 266 g/mol. The molecule has 18 heavy (non-hydrogen) atoms. The quantitative estimate of drug-likeness (QED) is 0.822. The summed E-state index contributed by atoms with van der Waals surface area (Å²) in [5, 5.41) is 11.2. The van der Waals surface area contributed by atoms with Gasteiger partial charge in [-0.15, -0.1) is 0 Å². The zero-order valence-electron chi connectivity index (χ0n) is 10.5. The first-order chi connectivity index (χ1) is 8.62. The molecule has 0 bridgehead atoms. The highest BCUT2D eigenvalue weighted by Crippen LogP contribution is 2.29. The largest absolute Gasteiger partial charge is 0.382 e. The van der Waals surface area contributed by atoms with Crippen LogP contribution in [0.5, 0.6) is 0 Å². The van der Waals surface area contributed by atoms with E-state index in [0.717, 1.165) is 25.7 Å². The molecule has 0 heterocycles. The second kappa shape index (κ2) is 5.85. The van der Waals surface area contributed by atoms with E-state index in [1.54, 1.807) is 24.3 Å². The molecule has 1 aromatic rings. The van der Waals surface area contributed by atoms with Gasteiger partial charge in [-0.05, 0) is 37.1 Å². The second-order valence-corrected chi connectivity index (χ2v) is 5.57. The van der Waals surface area contributed by atoms with Crippen molar-refractivity contribution in [2.75, 3.05) is 0 Å². The van der Waals surface area contributed by atoms with Gasteiger partial charge in [-0.3, -0.25) is 4.79 Å². The molecule has 2 rings (SSSR count). The maximum Gasteiger partial charge on any atom is 0.194 e. The van der Waals surface area contributed by atoms with Gasteiger partial charge in [-0.2, -0.15) is 0 Å². The molecule has 1 fully saturated rings. The summed E-state index contributed by atoms with van der Waals surface area (Å²) in [7, 11) is 0. The molecule has 1 aliphatic rings. The number of aliphatic hydroxyl groups is 1. The van der Waals surface area contributed by atoms with Gasteiger partial charge in [0.2, 0.25) is 0 Å². The van der Waals surface area contributed by atoms with Crippen molar-refractivity contribution in [2.24, 2.45) is 0 Å². The van der Waals surface area contributed by atoms with Crippen LogP contribution in [-0.4, -0.2) is 16.5 Å². The number of Topliss-reactive ketones (excluding diaryl/α,β-unsaturated/α-hetero) is 1. The first-order valence-corrected chi connectivity index (χ1v) is 7.02. The van der Waals surface area contributed by atoms with E-state index in [4.69, 9.17) is 11.6 Å². The van der Waals surface area contributed by atoms with E-state index < -0.39 is 5.60 Å². The van der Waals surface area contributed by atoms with E-state index in [9.17, 15) is 9.90 Å². The van der Waals surface area contributed by atoms with Crippen molar-refractivity contribution in [1.29, 1.82) is 0 Å². The third kappa shape index (κ3) is 3.12. The first-order valence-electron chi connectivity index (χ1n) is 6.65. The van der Waals surface area contributed by atoms with Gasteiger partial charge in [0.25, 0.3) is 0 Å². The Labute approximate surface area is 113 Å². The Kier molecular flexibility index (Phi) is 4.41. The summed E-state index contributed by atoms with van der Waals surface area (Å²) in [6.07, 6.45) is 6.44. The molecular formula is C15H19ClO2. The Bertz CT molecular complexity index is 403. The molecule has 0 aliphatic heterocycles. The molecule has 0 unspecified atom stereocenters. The van der Waals surface area contributed by atoms with Crippen molar-refractivity contribution >= 4 is 17.4 Å². The van der Waals surface area contributed by atoms with Crippen molar-refractivity contribution in [2.45, 2.75) is 50.5 Å². The van der Waals surface area contributed by atoms with Crippen LogP contribution in [0, 0.1) is 0 Å². The van der Waals surface area contributed by atoms with E-state index in [2.05, 4.69) is 0 Å². The smallest absolute Gasteiger partial charge is 0.194 e. The standard InChI is InChI=1S/C15H19ClO2/c16-13-8-6-12(7-9-13)14(17)15(18)10-4-2-1-3-5-11-15/h6-9,18H,1-5,10-11H2. The summed E-state index contributed by atoms with van der Waals surface area (Å²) in [4.78, 5) is 12.4. The molecule has 1 saturated carbocycles. The highest BCUT2D eigenvalue weighted by Gasteiger charge is 2.35. The maximum absolute atomic E-state index is 12.4. The molecule has 1 N–H and O–H groups in total. The Morgan fingerprint density at radius 3 is 2.06 bits per heavy atom. The van der Waals surface area contributed by atoms with Gasteiger partial charge < -0.3 is 5.11 Å². The first kappa shape index (κ1) is 13.6. The molecule has 0 radical (unpaired) electrons. The third-order valence-corrected chi connectivity index (χ3v) is 3.96. The molecule has 1 aliphatic carbocycles. The van der Waals surface area contributed by atoms with Crippen LogP contribution in [-0.2, 0) is 0 Å². The van der Waals surface area contributed by atoms with E-state index in [1.165, 1.54) is 6.42 Å². The van der Waals surface area contributed by atoms with Gasteiger partial charge >= 0.3 is 0 Å². The molecular weight excluding hydrogens is 248 g/mol. The van der Waals surface area contributed by atoms with Gasteiger partial charge in [-0.1, -0.05) is 43.7 Å². The lowest BCUT2D eigenvalue weighted by Crippen LogP contribution is -2.39. The molecule has 1 aromatic carbocycles. The van der Waals surface area contributed by atoms with Gasteiger partial charge in [0.15, 0.2) is 5.78 Å². The molecule has 0 spiro atoms. The number of benzene rings is 1. The Hall–Kier alpha value is -0.860. The van der Waals surface area contributed by atoms with Gasteiger partial charge in [0.05, 0.1) is 0 Å². The van der Waals surface area contributed by atoms with E-state index in [1.807, 2.05) is 0 Å². The fourth-order valence-corrected chi connectivity index (χ4v) is 2.71. The van der Waals surface area contributed by atoms with E-state index in [-0.39, 0.29) is 5.78 Å². The predicted molar refractivity (Wildman–Crippen MR) is 73.1 cm³/mol. The van der Waals surface area contributed by atoms with Crippen LogP contribution < -0.4 is 0 Å². The average Bonchev–Trinajstić information content (AvgIpc) is 2.34. The average molecular weight is 267 g/mol. The van der Waals surface area contributed by atoms with Crippen LogP contribution in [0.4, 0.5) is 0 Å². The van der Waals surface area contributed by atoms with Crippen molar-refractivity contribution in [3.63, 3.8) is 0 Å². The summed E-state index contributed by atoms with van der Waals surface area (Å²) in [6, 6.07) is 6.78. The lowest BCUT2D eigenvalue weighted by molar-refractivity contribution is 0.0177. The summed E-state index contributed by atoms with van der Waals surface area (Å²) in [5.41, 5.74) is -0.615. The topological polar surface area (TPSA) is 37.3 Å². The SMILES string of the molecule is O=C(c1ccc(Cl)cc1)C1(O)CCCCCCC1. The second-order valence-electron chi connectivity index (χ2n) is 5.14. The van der Waals surface area contributed by atoms with Gasteiger partial charge in [0.1, 0.15) is 5.60 Å². The van der Waals surface area contributed by atoms with Crippen LogP contribution >= 0.6 is 11.6 Å².